The topological polar surface area (TPSA) is 189 Å². The number of phenolic OH excluding ortho intramolecular Hbond substituents is 1. The molecule has 0 aliphatic carbocycles. The van der Waals surface area contributed by atoms with Crippen LogP contribution in [0.4, 0.5) is 10.5 Å². The molecule has 8 rings (SSSR count). The minimum atomic E-state index is -0.347. The lowest BCUT2D eigenvalue weighted by atomic mass is 9.95. The van der Waals surface area contributed by atoms with E-state index in [9.17, 15) is 19.5 Å². The highest BCUT2D eigenvalue weighted by atomic mass is 16.5. The van der Waals surface area contributed by atoms with Crippen molar-refractivity contribution in [1.82, 2.24) is 24.6 Å². The van der Waals surface area contributed by atoms with Crippen molar-refractivity contribution in [2.45, 2.75) is 38.6 Å². The molecule has 4 aliphatic rings. The number of fused-ring (bicyclic) bond motifs is 1. The van der Waals surface area contributed by atoms with E-state index in [4.69, 9.17) is 21.9 Å². The zero-order chi connectivity index (χ0) is 40.8. The first-order valence-corrected chi connectivity index (χ1v) is 20.2. The fourth-order valence-corrected chi connectivity index (χ4v) is 8.47. The molecular weight excluding hydrogens is 735 g/mol. The maximum atomic E-state index is 12.9. The number of allylic oxidation sites excluding steroid dienone is 1. The van der Waals surface area contributed by atoms with Crippen molar-refractivity contribution in [1.29, 1.82) is 0 Å². The van der Waals surface area contributed by atoms with E-state index in [2.05, 4.69) is 33.1 Å². The van der Waals surface area contributed by atoms with Crippen LogP contribution in [-0.2, 0) is 9.53 Å². The number of phenols is 1. The second kappa shape index (κ2) is 18.1. The van der Waals surface area contributed by atoms with Gasteiger partial charge in [0, 0.05) is 93.2 Å². The number of piperidine rings is 1. The van der Waals surface area contributed by atoms with E-state index in [1.807, 2.05) is 53.1 Å². The molecule has 0 spiro atoms. The summed E-state index contributed by atoms with van der Waals surface area (Å²) < 4.78 is 7.66. The van der Waals surface area contributed by atoms with Crippen LogP contribution in [0.1, 0.15) is 53.2 Å². The highest BCUT2D eigenvalue weighted by Gasteiger charge is 2.31. The number of benzene rings is 3. The zero-order valence-corrected chi connectivity index (χ0v) is 33.2. The van der Waals surface area contributed by atoms with Crippen molar-refractivity contribution >= 4 is 40.1 Å². The highest BCUT2D eigenvalue weighted by Crippen LogP contribution is 2.34. The molecule has 1 unspecified atom stereocenters. The van der Waals surface area contributed by atoms with Crippen LogP contribution < -0.4 is 27.4 Å². The van der Waals surface area contributed by atoms with Crippen LogP contribution in [0.25, 0.3) is 16.6 Å². The van der Waals surface area contributed by atoms with Gasteiger partial charge >= 0.3 is 6.03 Å². The Balaban J connectivity index is 0.000000216. The molecule has 14 nitrogen and oxygen atoms in total. The number of aryl methyl sites for hydroxylation is 1. The van der Waals surface area contributed by atoms with Crippen molar-refractivity contribution in [3.8, 4) is 5.75 Å². The van der Waals surface area contributed by atoms with Crippen LogP contribution in [0.3, 0.4) is 0 Å². The highest BCUT2D eigenvalue weighted by molar-refractivity contribution is 6.09. The smallest absolute Gasteiger partial charge is 0.328 e. The molecule has 0 bridgehead atoms. The molecule has 1 aromatic heterocycles. The molecule has 4 fully saturated rings. The summed E-state index contributed by atoms with van der Waals surface area (Å²) in [5, 5.41) is 13.3. The molecule has 8 N–H and O–H groups in total. The van der Waals surface area contributed by atoms with Gasteiger partial charge in [0.2, 0.25) is 5.91 Å². The number of carbonyl (C=O) groups excluding carboxylic acids is 3. The van der Waals surface area contributed by atoms with Gasteiger partial charge in [0.05, 0.1) is 30.1 Å². The predicted octanol–water partition coefficient (Wildman–Crippen LogP) is 4.31. The number of urea groups is 1. The molecule has 3 aromatic carbocycles. The minimum Gasteiger partial charge on any atom is -0.507 e. The molecule has 1 atom stereocenters. The Hall–Kier alpha value is -5.99. The number of carbonyl (C=O) groups is 3. The number of aromatic hydroxyl groups is 1. The lowest BCUT2D eigenvalue weighted by Gasteiger charge is -2.34. The van der Waals surface area contributed by atoms with Crippen molar-refractivity contribution in [3.63, 3.8) is 0 Å². The molecule has 306 valence electrons. The fraction of sp³-hybridized carbons (Fsp3) is 0.386. The maximum Gasteiger partial charge on any atom is 0.328 e. The third-order valence-corrected chi connectivity index (χ3v) is 11.6. The summed E-state index contributed by atoms with van der Waals surface area (Å²) in [5.41, 5.74) is 23.1. The summed E-state index contributed by atoms with van der Waals surface area (Å²) in [6.45, 7) is 9.91. The van der Waals surface area contributed by atoms with E-state index in [1.165, 1.54) is 0 Å². The van der Waals surface area contributed by atoms with Crippen molar-refractivity contribution in [2.24, 2.45) is 23.1 Å². The summed E-state index contributed by atoms with van der Waals surface area (Å²) in [7, 11) is 0. The Morgan fingerprint density at radius 2 is 1.64 bits per heavy atom. The number of morpholine rings is 1. The first kappa shape index (κ1) is 40.2. The van der Waals surface area contributed by atoms with Gasteiger partial charge in [-0.2, -0.15) is 0 Å². The number of para-hydroxylation sites is 1. The van der Waals surface area contributed by atoms with Gasteiger partial charge in [-0.1, -0.05) is 35.9 Å². The minimum absolute atomic E-state index is 0.123. The normalized spacial score (nSPS) is 19.5. The van der Waals surface area contributed by atoms with Gasteiger partial charge in [-0.3, -0.25) is 19.8 Å². The third kappa shape index (κ3) is 9.24. The van der Waals surface area contributed by atoms with Gasteiger partial charge < -0.3 is 46.3 Å². The molecule has 0 saturated carbocycles. The zero-order valence-electron chi connectivity index (χ0n) is 33.2. The SMILES string of the molecule is Cc1cccc(C(=O)N2CCC(CN3CCC(n4ccc5c(N6CCC(=O)NC6=O)cccc54)C3)CC2)c1.NC(N)=C(/C=C(\N)c1ccccc1O)N1CCOCC1. The number of nitrogens with zero attached hydrogens (tertiary/aromatic N) is 5. The van der Waals surface area contributed by atoms with Gasteiger partial charge in [-0.15, -0.1) is 0 Å². The summed E-state index contributed by atoms with van der Waals surface area (Å²) in [6, 6.07) is 23.0. The predicted molar refractivity (Wildman–Crippen MR) is 225 cm³/mol. The number of aromatic nitrogens is 1. The number of ether oxygens (including phenoxy) is 1. The van der Waals surface area contributed by atoms with Crippen molar-refractivity contribution < 1.29 is 24.2 Å². The van der Waals surface area contributed by atoms with Crippen molar-refractivity contribution in [3.05, 3.63) is 113 Å². The van der Waals surface area contributed by atoms with Gasteiger partial charge in [0.15, 0.2) is 0 Å². The van der Waals surface area contributed by atoms with E-state index >= 15 is 0 Å². The molecule has 4 aliphatic heterocycles. The quantitative estimate of drug-likeness (QED) is 0.161. The van der Waals surface area contributed by atoms with E-state index in [-0.39, 0.29) is 29.4 Å². The molecule has 4 amide bonds. The number of likely N-dealkylation sites (tertiary alicyclic amines) is 2. The van der Waals surface area contributed by atoms with Crippen LogP contribution in [0.5, 0.6) is 5.75 Å². The summed E-state index contributed by atoms with van der Waals surface area (Å²) in [5.74, 6) is 0.874. The molecule has 0 radical (unpaired) electrons. The van der Waals surface area contributed by atoms with Crippen LogP contribution in [0.2, 0.25) is 0 Å². The molecule has 4 aromatic rings. The fourth-order valence-electron chi connectivity index (χ4n) is 8.47. The molecule has 5 heterocycles. The Morgan fingerprint density at radius 3 is 2.36 bits per heavy atom. The van der Waals surface area contributed by atoms with E-state index in [0.29, 0.717) is 68.2 Å². The van der Waals surface area contributed by atoms with E-state index in [1.54, 1.807) is 35.2 Å². The third-order valence-electron chi connectivity index (χ3n) is 11.6. The summed E-state index contributed by atoms with van der Waals surface area (Å²) in [6.07, 6.45) is 7.35. The monoisotopic (exact) mass is 789 g/mol. The van der Waals surface area contributed by atoms with Gasteiger partial charge in [-0.25, -0.2) is 4.79 Å². The Labute approximate surface area is 339 Å². The lowest BCUT2D eigenvalue weighted by Crippen LogP contribution is -2.49. The molecule has 4 saturated heterocycles. The number of hydrogen-bond acceptors (Lipinski definition) is 10. The van der Waals surface area contributed by atoms with Gasteiger partial charge in [-0.05, 0) is 80.6 Å². The molecule has 58 heavy (non-hydrogen) atoms. The van der Waals surface area contributed by atoms with Gasteiger partial charge in [0.1, 0.15) is 11.6 Å². The van der Waals surface area contributed by atoms with Crippen LogP contribution in [-0.4, -0.2) is 108 Å². The number of rotatable bonds is 8. The second-order valence-corrected chi connectivity index (χ2v) is 15.6. The molecule has 14 heteroatoms. The number of nitrogens with one attached hydrogen (secondary N) is 1. The standard InChI is InChI=1S/C30H35N5O3.C14H20N4O2/c1-21-4-2-5-23(18-21)29(37)33-14-8-22(9-15-33)19-32-13-10-24(20-32)34-16-11-25-26(34)6-3-7-27(25)35-17-12-28(36)31-30(35)38;15-11(10-3-1-2-4-13(10)19)9-12(14(16)17)18-5-7-20-8-6-18/h2-7,11,16,18,22,24H,8-10,12-15,17,19-20H2,1H3,(H,31,36,38);1-4,9,19H,5-8,15-17H2/b;11-9-. The summed E-state index contributed by atoms with van der Waals surface area (Å²) >= 11 is 0. The second-order valence-electron chi connectivity index (χ2n) is 15.6. The maximum absolute atomic E-state index is 12.9. The Morgan fingerprint density at radius 1 is 0.879 bits per heavy atom. The first-order valence-electron chi connectivity index (χ1n) is 20.2. The molecular formula is C44H55N9O5. The Kier molecular flexibility index (Phi) is 12.5. The van der Waals surface area contributed by atoms with Crippen molar-refractivity contribution in [2.75, 3.05) is 70.5 Å². The van der Waals surface area contributed by atoms with Crippen LogP contribution >= 0.6 is 0 Å². The van der Waals surface area contributed by atoms with Crippen LogP contribution in [0.15, 0.2) is 96.6 Å². The number of hydrogen-bond donors (Lipinski definition) is 5. The number of imide groups is 1. The van der Waals surface area contributed by atoms with E-state index < -0.39 is 0 Å². The first-order chi connectivity index (χ1) is 28.0. The summed E-state index contributed by atoms with van der Waals surface area (Å²) in [4.78, 5) is 45.2. The van der Waals surface area contributed by atoms with Crippen LogP contribution in [0, 0.1) is 12.8 Å². The number of nitrogens with two attached hydrogens (primary N) is 3. The lowest BCUT2D eigenvalue weighted by molar-refractivity contribution is -0.120. The average molecular weight is 790 g/mol. The number of anilines is 1. The average Bonchev–Trinajstić information content (AvgIpc) is 3.88. The van der Waals surface area contributed by atoms with E-state index in [0.717, 1.165) is 79.7 Å². The largest absolute Gasteiger partial charge is 0.507 e. The van der Waals surface area contributed by atoms with Gasteiger partial charge in [0.25, 0.3) is 5.91 Å². The Bertz CT molecular complexity index is 2180. The number of amides is 4.